The van der Waals surface area contributed by atoms with Crippen molar-refractivity contribution in [2.75, 3.05) is 0 Å². The van der Waals surface area contributed by atoms with E-state index in [4.69, 9.17) is 0 Å². The van der Waals surface area contributed by atoms with Crippen LogP contribution in [0.15, 0.2) is 12.8 Å². The van der Waals surface area contributed by atoms with Crippen molar-refractivity contribution < 1.29 is 114 Å². The molecule has 0 aliphatic carbocycles. The number of ether oxygens (including phenoxy) is 1. The molecule has 240 valence electrons. The van der Waals surface area contributed by atoms with Crippen LogP contribution in [0, 0.1) is 0 Å². The molecule has 0 bridgehead atoms. The van der Waals surface area contributed by atoms with Gasteiger partial charge in [0.1, 0.15) is 0 Å². The van der Waals surface area contributed by atoms with Crippen molar-refractivity contribution >= 4 is 0 Å². The highest BCUT2D eigenvalue weighted by atomic mass is 19.4. The van der Waals surface area contributed by atoms with E-state index < -0.39 is 77.8 Å². The average Bonchev–Trinajstić information content (AvgIpc) is 2.71. The quantitative estimate of drug-likeness (QED) is 0.150. The van der Waals surface area contributed by atoms with Gasteiger partial charge in [-0.1, -0.05) is 6.58 Å². The number of hydrogen-bond acceptors (Lipinski definition) is 1. The summed E-state index contributed by atoms with van der Waals surface area (Å²) in [6, 6.07) is 0. The molecule has 0 aromatic heterocycles. The molecule has 0 saturated carbocycles. The van der Waals surface area contributed by atoms with E-state index in [2.05, 4.69) is 4.74 Å². The fourth-order valence-electron chi connectivity index (χ4n) is 2.12. The van der Waals surface area contributed by atoms with Crippen molar-refractivity contribution in [1.29, 1.82) is 0 Å². The second-order valence-corrected chi connectivity index (χ2v) is 7.04. The van der Waals surface area contributed by atoms with Gasteiger partial charge in [-0.15, -0.1) is 0 Å². The van der Waals surface area contributed by atoms with Gasteiger partial charge in [0, 0.05) is 0 Å². The average molecular weight is 662 g/mol. The first-order valence-corrected chi connectivity index (χ1v) is 8.32. The molecule has 0 amide bonds. The van der Waals surface area contributed by atoms with Crippen LogP contribution in [-0.2, 0) is 4.74 Å². The van der Waals surface area contributed by atoms with Crippen LogP contribution in [0.5, 0.6) is 0 Å². The second-order valence-electron chi connectivity index (χ2n) is 7.04. The van der Waals surface area contributed by atoms with Gasteiger partial charge in [-0.05, 0) is 0 Å². The Bertz CT molecular complexity index is 938. The van der Waals surface area contributed by atoms with Gasteiger partial charge in [-0.25, -0.2) is 0 Å². The number of halogens is 25. The summed E-state index contributed by atoms with van der Waals surface area (Å²) in [6.07, 6.45) is -16.5. The summed E-state index contributed by atoms with van der Waals surface area (Å²) in [5, 5.41) is 0. The molecule has 0 spiro atoms. The second kappa shape index (κ2) is 9.14. The molecular formula is C14H3F25O. The number of alkyl halides is 25. The maximum Gasteiger partial charge on any atom is 0.470 e. The third-order valence-electron chi connectivity index (χ3n) is 4.50. The van der Waals surface area contributed by atoms with Crippen molar-refractivity contribution in [3.63, 3.8) is 0 Å². The molecule has 0 saturated heterocycles. The third-order valence-corrected chi connectivity index (χ3v) is 4.50. The van der Waals surface area contributed by atoms with Crippen LogP contribution in [-0.4, -0.2) is 71.5 Å². The highest BCUT2D eigenvalue weighted by Crippen LogP contribution is 2.67. The minimum atomic E-state index is -9.60. The first-order valence-electron chi connectivity index (χ1n) is 8.32. The summed E-state index contributed by atoms with van der Waals surface area (Å²) in [5.41, 5.74) is 0. The first kappa shape index (κ1) is 37.8. The molecule has 0 aromatic rings. The summed E-state index contributed by atoms with van der Waals surface area (Å²) in [5.74, 6) is -91.8. The standard InChI is InChI=1S/C14H3F25O/c1-2-40-14(38,39)12(33,34)10(29,30)8(25,26)6(21,22)4(17,18)3(15,16)5(19,20)7(23,24)9(27,28)11(31,32)13(35,36)37/h2H,1H2. The Hall–Kier alpha value is -2.21. The zero-order valence-electron chi connectivity index (χ0n) is 17.1. The van der Waals surface area contributed by atoms with Gasteiger partial charge in [0.15, 0.2) is 0 Å². The zero-order chi connectivity index (χ0) is 33.4. The lowest BCUT2D eigenvalue weighted by atomic mass is 9.85. The van der Waals surface area contributed by atoms with Crippen LogP contribution in [0.25, 0.3) is 0 Å². The smallest absolute Gasteiger partial charge is 0.436 e. The normalized spacial score (nSPS) is 16.7. The van der Waals surface area contributed by atoms with Gasteiger partial charge < -0.3 is 4.74 Å². The summed E-state index contributed by atoms with van der Waals surface area (Å²) in [6.45, 7) is 1.95. The molecule has 40 heavy (non-hydrogen) atoms. The van der Waals surface area contributed by atoms with Gasteiger partial charge in [0.2, 0.25) is 0 Å². The van der Waals surface area contributed by atoms with E-state index in [0.29, 0.717) is 0 Å². The largest absolute Gasteiger partial charge is 0.470 e. The fourth-order valence-corrected chi connectivity index (χ4v) is 2.12. The van der Waals surface area contributed by atoms with E-state index in [1.165, 1.54) is 0 Å². The summed E-state index contributed by atoms with van der Waals surface area (Å²) >= 11 is 0. The van der Waals surface area contributed by atoms with Crippen LogP contribution in [0.3, 0.4) is 0 Å². The van der Waals surface area contributed by atoms with Crippen molar-refractivity contribution in [2.45, 2.75) is 71.5 Å². The summed E-state index contributed by atoms with van der Waals surface area (Å²) in [7, 11) is 0. The Balaban J connectivity index is 7.32. The van der Waals surface area contributed by atoms with Gasteiger partial charge in [0.25, 0.3) is 0 Å². The van der Waals surface area contributed by atoms with E-state index in [9.17, 15) is 110 Å². The Kier molecular flexibility index (Phi) is 8.64. The molecule has 0 aliphatic rings. The summed E-state index contributed by atoms with van der Waals surface area (Å²) < 4.78 is 330. The van der Waals surface area contributed by atoms with E-state index in [1.54, 1.807) is 0 Å². The Morgan fingerprint density at radius 2 is 0.475 bits per heavy atom. The lowest BCUT2D eigenvalue weighted by Gasteiger charge is -2.45. The van der Waals surface area contributed by atoms with Gasteiger partial charge in [0.05, 0.1) is 6.26 Å². The highest BCUT2D eigenvalue weighted by Gasteiger charge is 2.99. The number of rotatable bonds is 12. The molecule has 0 unspecified atom stereocenters. The number of hydrogen-bond donors (Lipinski definition) is 0. The van der Waals surface area contributed by atoms with Crippen molar-refractivity contribution in [3.8, 4) is 0 Å². The molecule has 0 atom stereocenters. The van der Waals surface area contributed by atoms with Gasteiger partial charge in [-0.3, -0.25) is 0 Å². The maximum atomic E-state index is 13.5. The van der Waals surface area contributed by atoms with Crippen LogP contribution >= 0.6 is 0 Å². The molecule has 0 heterocycles. The van der Waals surface area contributed by atoms with Gasteiger partial charge in [-0.2, -0.15) is 110 Å². The van der Waals surface area contributed by atoms with Crippen molar-refractivity contribution in [2.24, 2.45) is 0 Å². The van der Waals surface area contributed by atoms with Crippen molar-refractivity contribution in [3.05, 3.63) is 12.8 Å². The van der Waals surface area contributed by atoms with Crippen LogP contribution in [0.4, 0.5) is 110 Å². The minimum absolute atomic E-state index is 1.04. The van der Waals surface area contributed by atoms with Crippen LogP contribution < -0.4 is 0 Å². The van der Waals surface area contributed by atoms with E-state index in [1.807, 2.05) is 6.58 Å². The van der Waals surface area contributed by atoms with Crippen LogP contribution in [0.1, 0.15) is 0 Å². The van der Waals surface area contributed by atoms with E-state index in [0.717, 1.165) is 0 Å². The highest BCUT2D eigenvalue weighted by molar-refractivity contribution is 5.19. The maximum absolute atomic E-state index is 13.5. The first-order chi connectivity index (χ1) is 16.8. The predicted molar refractivity (Wildman–Crippen MR) is 71.8 cm³/mol. The molecular weight excluding hydrogens is 659 g/mol. The lowest BCUT2D eigenvalue weighted by Crippen LogP contribution is -2.78. The van der Waals surface area contributed by atoms with Crippen molar-refractivity contribution in [1.82, 2.24) is 0 Å². The topological polar surface area (TPSA) is 9.23 Å². The molecule has 0 rings (SSSR count). The Morgan fingerprint density at radius 3 is 0.650 bits per heavy atom. The molecule has 0 radical (unpaired) electrons. The van der Waals surface area contributed by atoms with E-state index in [-0.39, 0.29) is 0 Å². The monoisotopic (exact) mass is 662 g/mol. The molecule has 1 nitrogen and oxygen atoms in total. The van der Waals surface area contributed by atoms with Crippen LogP contribution in [0.2, 0.25) is 0 Å². The SMILES string of the molecule is C=COC(F)(F)C(F)(F)C(F)(F)C(F)(F)C(F)(F)C(F)(F)C(F)(F)C(F)(F)C(F)(F)C(F)(F)C(F)(F)C(F)(F)F. The molecule has 26 heteroatoms. The Labute approximate surface area is 200 Å². The molecule has 0 fully saturated rings. The minimum Gasteiger partial charge on any atom is -0.436 e. The predicted octanol–water partition coefficient (Wildman–Crippen LogP) is 8.65. The molecule has 0 N–H and O–H groups in total. The molecule has 0 aliphatic heterocycles. The third kappa shape index (κ3) is 4.26. The lowest BCUT2D eigenvalue weighted by molar-refractivity contribution is -0.487. The summed E-state index contributed by atoms with van der Waals surface area (Å²) in [4.78, 5) is 0. The fraction of sp³-hybridized carbons (Fsp3) is 0.857. The van der Waals surface area contributed by atoms with Gasteiger partial charge >= 0.3 is 71.5 Å². The Morgan fingerprint density at radius 1 is 0.300 bits per heavy atom. The zero-order valence-corrected chi connectivity index (χ0v) is 17.1. The van der Waals surface area contributed by atoms with E-state index >= 15 is 0 Å². The molecule has 0 aromatic carbocycles.